The molecule has 0 saturated carbocycles. The first-order valence-electron chi connectivity index (χ1n) is 4.19. The number of aliphatic hydroxyl groups is 6. The van der Waals surface area contributed by atoms with Gasteiger partial charge in [0.1, 0.15) is 18.3 Å². The van der Waals surface area contributed by atoms with Crippen molar-refractivity contribution < 1.29 is 35.4 Å². The molecule has 1 aliphatic heterocycles. The van der Waals surface area contributed by atoms with Crippen LogP contribution in [0, 0.1) is 0 Å². The predicted octanol–water partition coefficient (Wildman–Crippen LogP) is -4.33. The SMILES string of the molecule is CO.NC1(O)O[C@H](CO)[C@@H](O)[C@H](O)[C@H]1O. The lowest BCUT2D eigenvalue weighted by atomic mass is 9.97. The number of rotatable bonds is 1. The zero-order valence-corrected chi connectivity index (χ0v) is 8.19. The predicted molar refractivity (Wildman–Crippen MR) is 47.3 cm³/mol. The van der Waals surface area contributed by atoms with Gasteiger partial charge in [0.25, 0.3) is 5.91 Å². The molecule has 0 amide bonds. The molecule has 92 valence electrons. The summed E-state index contributed by atoms with van der Waals surface area (Å²) in [5, 5.41) is 52.2. The van der Waals surface area contributed by atoms with E-state index in [0.717, 1.165) is 7.11 Å². The van der Waals surface area contributed by atoms with E-state index in [1.165, 1.54) is 0 Å². The Morgan fingerprint density at radius 1 is 1.20 bits per heavy atom. The topological polar surface area (TPSA) is 157 Å². The Bertz CT molecular complexity index is 186. The van der Waals surface area contributed by atoms with Crippen molar-refractivity contribution in [3.05, 3.63) is 0 Å². The largest absolute Gasteiger partial charge is 0.400 e. The number of hydrogen-bond acceptors (Lipinski definition) is 8. The van der Waals surface area contributed by atoms with Crippen molar-refractivity contribution in [2.24, 2.45) is 5.73 Å². The van der Waals surface area contributed by atoms with Gasteiger partial charge >= 0.3 is 0 Å². The fraction of sp³-hybridized carbons (Fsp3) is 1.00. The lowest BCUT2D eigenvalue weighted by Crippen LogP contribution is -2.69. The van der Waals surface area contributed by atoms with Crippen LogP contribution in [0.5, 0.6) is 0 Å². The van der Waals surface area contributed by atoms with Crippen LogP contribution in [0.25, 0.3) is 0 Å². The lowest BCUT2D eigenvalue weighted by molar-refractivity contribution is -0.346. The minimum Gasteiger partial charge on any atom is -0.400 e. The number of ether oxygens (including phenoxy) is 1. The molecule has 0 aromatic rings. The fourth-order valence-corrected chi connectivity index (χ4v) is 1.18. The highest BCUT2D eigenvalue weighted by Crippen LogP contribution is 2.23. The summed E-state index contributed by atoms with van der Waals surface area (Å²) in [6, 6.07) is 0. The molecule has 8 N–H and O–H groups in total. The number of nitrogens with two attached hydrogens (primary N) is 1. The van der Waals surface area contributed by atoms with Crippen LogP contribution in [0.4, 0.5) is 0 Å². The summed E-state index contributed by atoms with van der Waals surface area (Å²) in [5.41, 5.74) is 5.04. The van der Waals surface area contributed by atoms with Crippen LogP contribution in [0.1, 0.15) is 0 Å². The van der Waals surface area contributed by atoms with E-state index >= 15 is 0 Å². The van der Waals surface area contributed by atoms with E-state index in [2.05, 4.69) is 4.74 Å². The summed E-state index contributed by atoms with van der Waals surface area (Å²) in [6.07, 6.45) is -6.16. The zero-order valence-electron chi connectivity index (χ0n) is 8.19. The van der Waals surface area contributed by atoms with Crippen molar-refractivity contribution in [3.63, 3.8) is 0 Å². The first-order valence-corrected chi connectivity index (χ1v) is 4.19. The van der Waals surface area contributed by atoms with Gasteiger partial charge in [-0.2, -0.15) is 0 Å². The Morgan fingerprint density at radius 3 is 2.07 bits per heavy atom. The summed E-state index contributed by atoms with van der Waals surface area (Å²) in [7, 11) is 1.00. The van der Waals surface area contributed by atoms with Crippen LogP contribution >= 0.6 is 0 Å². The Labute approximate surface area is 86.1 Å². The highest BCUT2D eigenvalue weighted by molar-refractivity contribution is 4.92. The van der Waals surface area contributed by atoms with Gasteiger partial charge in [-0.05, 0) is 0 Å². The smallest absolute Gasteiger partial charge is 0.252 e. The molecule has 1 aliphatic rings. The fourth-order valence-electron chi connectivity index (χ4n) is 1.18. The third-order valence-electron chi connectivity index (χ3n) is 2.00. The van der Waals surface area contributed by atoms with Gasteiger partial charge in [0.05, 0.1) is 6.61 Å². The van der Waals surface area contributed by atoms with E-state index in [9.17, 15) is 5.11 Å². The Hall–Kier alpha value is -0.320. The van der Waals surface area contributed by atoms with Crippen LogP contribution in [0.3, 0.4) is 0 Å². The second-order valence-electron chi connectivity index (χ2n) is 3.02. The summed E-state index contributed by atoms with van der Waals surface area (Å²) in [5.74, 6) is -2.45. The Kier molecular flexibility index (Phi) is 5.56. The maximum absolute atomic E-state index is 9.18. The van der Waals surface area contributed by atoms with Crippen molar-refractivity contribution in [1.82, 2.24) is 0 Å². The zero-order chi connectivity index (χ0) is 12.2. The van der Waals surface area contributed by atoms with Crippen molar-refractivity contribution in [2.75, 3.05) is 13.7 Å². The average Bonchev–Trinajstić information content (AvgIpc) is 2.24. The summed E-state index contributed by atoms with van der Waals surface area (Å²) in [4.78, 5) is 0. The van der Waals surface area contributed by atoms with E-state index in [1.54, 1.807) is 0 Å². The molecule has 15 heavy (non-hydrogen) atoms. The molecule has 0 aromatic carbocycles. The molecule has 0 aromatic heterocycles. The van der Waals surface area contributed by atoms with Crippen LogP contribution in [0.15, 0.2) is 0 Å². The summed E-state index contributed by atoms with van der Waals surface area (Å²) < 4.78 is 4.54. The third kappa shape index (κ3) is 3.06. The summed E-state index contributed by atoms with van der Waals surface area (Å²) in [6.45, 7) is -0.621. The van der Waals surface area contributed by atoms with E-state index in [1.807, 2.05) is 0 Å². The van der Waals surface area contributed by atoms with Crippen LogP contribution in [-0.2, 0) is 4.74 Å². The number of aliphatic hydroxyl groups excluding tert-OH is 5. The molecular formula is C7H17NO7. The molecule has 0 bridgehead atoms. The van der Waals surface area contributed by atoms with Crippen molar-refractivity contribution >= 4 is 0 Å². The molecule has 8 nitrogen and oxygen atoms in total. The molecule has 5 atom stereocenters. The Balaban J connectivity index is 0.000000921. The molecule has 0 aliphatic carbocycles. The third-order valence-corrected chi connectivity index (χ3v) is 2.00. The van der Waals surface area contributed by atoms with Gasteiger partial charge in [-0.1, -0.05) is 0 Å². The van der Waals surface area contributed by atoms with Gasteiger partial charge in [0.15, 0.2) is 6.10 Å². The molecule has 1 unspecified atom stereocenters. The van der Waals surface area contributed by atoms with E-state index in [-0.39, 0.29) is 0 Å². The van der Waals surface area contributed by atoms with Crippen LogP contribution < -0.4 is 5.73 Å². The van der Waals surface area contributed by atoms with E-state index < -0.39 is 36.9 Å². The molecule has 0 spiro atoms. The normalized spacial score (nSPS) is 45.6. The first-order chi connectivity index (χ1) is 6.90. The quantitative estimate of drug-likeness (QED) is 0.222. The minimum absolute atomic E-state index is 0.621. The monoisotopic (exact) mass is 227 g/mol. The second-order valence-corrected chi connectivity index (χ2v) is 3.02. The van der Waals surface area contributed by atoms with Crippen molar-refractivity contribution in [3.8, 4) is 0 Å². The van der Waals surface area contributed by atoms with Gasteiger partial charge in [-0.25, -0.2) is 0 Å². The van der Waals surface area contributed by atoms with Crippen LogP contribution in [0.2, 0.25) is 0 Å². The molecular weight excluding hydrogens is 210 g/mol. The van der Waals surface area contributed by atoms with Gasteiger partial charge in [-0.3, -0.25) is 5.73 Å². The first kappa shape index (κ1) is 14.7. The number of hydrogen-bond donors (Lipinski definition) is 7. The van der Waals surface area contributed by atoms with Crippen molar-refractivity contribution in [1.29, 1.82) is 0 Å². The highest BCUT2D eigenvalue weighted by atomic mass is 16.7. The maximum atomic E-state index is 9.18. The van der Waals surface area contributed by atoms with E-state index in [0.29, 0.717) is 0 Å². The minimum atomic E-state index is -2.45. The van der Waals surface area contributed by atoms with Crippen LogP contribution in [-0.4, -0.2) is 74.7 Å². The maximum Gasteiger partial charge on any atom is 0.252 e. The van der Waals surface area contributed by atoms with E-state index in [4.69, 9.17) is 31.3 Å². The molecule has 0 radical (unpaired) electrons. The average molecular weight is 227 g/mol. The Morgan fingerprint density at radius 2 is 1.67 bits per heavy atom. The molecule has 1 rings (SSSR count). The second kappa shape index (κ2) is 5.68. The molecule has 1 heterocycles. The highest BCUT2D eigenvalue weighted by Gasteiger charge is 2.50. The molecule has 8 heteroatoms. The van der Waals surface area contributed by atoms with Crippen molar-refractivity contribution in [2.45, 2.75) is 30.3 Å². The van der Waals surface area contributed by atoms with Gasteiger partial charge < -0.3 is 35.4 Å². The molecule has 1 fully saturated rings. The molecule has 1 saturated heterocycles. The standard InChI is InChI=1S/C6H13NO6.CH4O/c7-6(12)5(11)4(10)3(9)2(1-8)13-6;1-2/h2-5,8-12H,1,7H2;2H,1H3/t2-,3-,4+,5-,6?;/m1./s1. The van der Waals surface area contributed by atoms with Gasteiger partial charge in [-0.15, -0.1) is 0 Å². The lowest BCUT2D eigenvalue weighted by Gasteiger charge is -2.42. The van der Waals surface area contributed by atoms with Gasteiger partial charge in [0, 0.05) is 7.11 Å². The van der Waals surface area contributed by atoms with Gasteiger partial charge in [0.2, 0.25) is 0 Å². The summed E-state index contributed by atoms with van der Waals surface area (Å²) >= 11 is 0.